The molecule has 0 N–H and O–H groups in total. The first-order valence-corrected chi connectivity index (χ1v) is 9.41. The van der Waals surface area contributed by atoms with E-state index in [9.17, 15) is 13.2 Å². The van der Waals surface area contributed by atoms with E-state index in [0.29, 0.717) is 5.39 Å². The number of sulfonamides is 1. The van der Waals surface area contributed by atoms with Crippen LogP contribution in [0.4, 0.5) is 5.69 Å². The molecule has 26 heavy (non-hydrogen) atoms. The number of nitrogens with zero attached hydrogens (tertiary/aromatic N) is 3. The molecule has 0 spiro atoms. The van der Waals surface area contributed by atoms with Crippen molar-refractivity contribution in [3.8, 4) is 6.07 Å². The van der Waals surface area contributed by atoms with Gasteiger partial charge >= 0.3 is 5.97 Å². The number of nitriles is 1. The summed E-state index contributed by atoms with van der Waals surface area (Å²) in [5.74, 6) is -0.668. The van der Waals surface area contributed by atoms with Crippen molar-refractivity contribution in [1.29, 1.82) is 5.26 Å². The number of ether oxygens (including phenoxy) is 1. The molecule has 0 aliphatic carbocycles. The highest BCUT2D eigenvalue weighted by molar-refractivity contribution is 7.89. The maximum atomic E-state index is 12.9. The highest BCUT2D eigenvalue weighted by atomic mass is 32.2. The highest BCUT2D eigenvalue weighted by Crippen LogP contribution is 2.31. The first kappa shape index (κ1) is 19.7. The Balaban J connectivity index is 2.30. The van der Waals surface area contributed by atoms with Crippen LogP contribution in [0.15, 0.2) is 41.3 Å². The molecule has 7 nitrogen and oxygen atoms in total. The van der Waals surface area contributed by atoms with Crippen molar-refractivity contribution < 1.29 is 17.9 Å². The Bertz CT molecular complexity index is 949. The minimum atomic E-state index is -3.76. The number of rotatable bonds is 7. The van der Waals surface area contributed by atoms with Crippen molar-refractivity contribution in [3.63, 3.8) is 0 Å². The second kappa shape index (κ2) is 8.17. The van der Waals surface area contributed by atoms with Crippen molar-refractivity contribution in [2.45, 2.75) is 11.3 Å². The van der Waals surface area contributed by atoms with Crippen LogP contribution < -0.4 is 4.90 Å². The lowest BCUT2D eigenvalue weighted by atomic mass is 10.1. The number of carbonyl (C=O) groups is 1. The maximum Gasteiger partial charge on any atom is 0.320 e. The SMILES string of the molecule is CN(C)c1cccc2c(S(=O)(=O)N(C)CCOC(=O)CC#N)cccc12. The maximum absolute atomic E-state index is 12.9. The van der Waals surface area contributed by atoms with Crippen molar-refractivity contribution in [1.82, 2.24) is 4.31 Å². The molecule has 0 bridgehead atoms. The summed E-state index contributed by atoms with van der Waals surface area (Å²) in [4.78, 5) is 13.3. The first-order valence-electron chi connectivity index (χ1n) is 7.97. The van der Waals surface area contributed by atoms with Gasteiger partial charge in [-0.05, 0) is 12.1 Å². The molecular formula is C18H21N3O4S. The van der Waals surface area contributed by atoms with Crippen LogP contribution in [0, 0.1) is 11.3 Å². The van der Waals surface area contributed by atoms with Gasteiger partial charge in [-0.15, -0.1) is 0 Å². The zero-order valence-electron chi connectivity index (χ0n) is 15.0. The van der Waals surface area contributed by atoms with E-state index in [0.717, 1.165) is 15.4 Å². The molecule has 0 amide bonds. The van der Waals surface area contributed by atoms with Gasteiger partial charge in [0.2, 0.25) is 10.0 Å². The van der Waals surface area contributed by atoms with Crippen LogP contribution in [0.1, 0.15) is 6.42 Å². The molecule has 0 fully saturated rings. The highest BCUT2D eigenvalue weighted by Gasteiger charge is 2.23. The molecule has 2 aromatic carbocycles. The molecule has 0 radical (unpaired) electrons. The summed E-state index contributed by atoms with van der Waals surface area (Å²) in [5, 5.41) is 9.90. The normalized spacial score (nSPS) is 11.3. The van der Waals surface area contributed by atoms with E-state index in [2.05, 4.69) is 0 Å². The minimum Gasteiger partial charge on any atom is -0.464 e. The third-order valence-electron chi connectivity index (χ3n) is 3.92. The van der Waals surface area contributed by atoms with Crippen LogP contribution in [0.3, 0.4) is 0 Å². The van der Waals surface area contributed by atoms with E-state index in [4.69, 9.17) is 10.00 Å². The molecule has 138 valence electrons. The molecule has 0 unspecified atom stereocenters. The lowest BCUT2D eigenvalue weighted by Gasteiger charge is -2.20. The summed E-state index contributed by atoms with van der Waals surface area (Å²) < 4.78 is 31.9. The molecule has 8 heteroatoms. The number of hydrogen-bond acceptors (Lipinski definition) is 6. The standard InChI is InChI=1S/C18H21N3O4S/c1-20(2)16-8-4-7-15-14(16)6-5-9-17(15)26(23,24)21(3)12-13-25-18(22)10-11-19/h4-9H,10,12-13H2,1-3H3. The van der Waals surface area contributed by atoms with Gasteiger partial charge in [-0.1, -0.05) is 24.3 Å². The van der Waals surface area contributed by atoms with Gasteiger partial charge in [0.15, 0.2) is 0 Å². The van der Waals surface area contributed by atoms with Gasteiger partial charge in [-0.3, -0.25) is 4.79 Å². The quantitative estimate of drug-likeness (QED) is 0.688. The zero-order valence-corrected chi connectivity index (χ0v) is 15.8. The number of benzene rings is 2. The average molecular weight is 375 g/mol. The van der Waals surface area contributed by atoms with E-state index < -0.39 is 16.0 Å². The number of hydrogen-bond donors (Lipinski definition) is 0. The number of anilines is 1. The van der Waals surface area contributed by atoms with E-state index in [1.54, 1.807) is 24.3 Å². The van der Waals surface area contributed by atoms with Gasteiger partial charge in [-0.2, -0.15) is 9.57 Å². The van der Waals surface area contributed by atoms with Gasteiger partial charge in [0, 0.05) is 44.1 Å². The van der Waals surface area contributed by atoms with Crippen molar-refractivity contribution in [3.05, 3.63) is 36.4 Å². The zero-order chi connectivity index (χ0) is 19.3. The van der Waals surface area contributed by atoms with Crippen LogP contribution >= 0.6 is 0 Å². The molecule has 2 aromatic rings. The van der Waals surface area contributed by atoms with E-state index in [1.807, 2.05) is 37.2 Å². The van der Waals surface area contributed by atoms with Gasteiger partial charge in [0.05, 0.1) is 11.0 Å². The van der Waals surface area contributed by atoms with Crippen molar-refractivity contribution in [2.75, 3.05) is 39.2 Å². The largest absolute Gasteiger partial charge is 0.464 e. The monoisotopic (exact) mass is 375 g/mol. The fraction of sp³-hybridized carbons (Fsp3) is 0.333. The molecule has 2 rings (SSSR count). The van der Waals surface area contributed by atoms with Gasteiger partial charge in [-0.25, -0.2) is 8.42 Å². The topological polar surface area (TPSA) is 90.7 Å². The molecule has 0 aliphatic heterocycles. The molecule has 0 aliphatic rings. The number of fused-ring (bicyclic) bond motifs is 1. The predicted molar refractivity (Wildman–Crippen MR) is 99.3 cm³/mol. The molecule has 0 aromatic heterocycles. The Hall–Kier alpha value is -2.63. The summed E-state index contributed by atoms with van der Waals surface area (Å²) in [7, 11) is 1.47. The van der Waals surface area contributed by atoms with Crippen LogP contribution in [-0.2, 0) is 19.6 Å². The van der Waals surface area contributed by atoms with Crippen molar-refractivity contribution >= 4 is 32.5 Å². The minimum absolute atomic E-state index is 0.00323. The first-order chi connectivity index (χ1) is 12.3. The molecule has 0 saturated heterocycles. The predicted octanol–water partition coefficient (Wildman–Crippen LogP) is 1.98. The van der Waals surface area contributed by atoms with Crippen LogP contribution in [0.25, 0.3) is 10.8 Å². The molecular weight excluding hydrogens is 354 g/mol. The molecule has 0 atom stereocenters. The number of carbonyl (C=O) groups excluding carboxylic acids is 1. The Labute approximate surface area is 153 Å². The van der Waals surface area contributed by atoms with E-state index in [1.165, 1.54) is 7.05 Å². The number of esters is 1. The fourth-order valence-electron chi connectivity index (χ4n) is 2.57. The summed E-state index contributed by atoms with van der Waals surface area (Å²) in [6, 6.07) is 12.4. The summed E-state index contributed by atoms with van der Waals surface area (Å²) >= 11 is 0. The third kappa shape index (κ3) is 4.12. The van der Waals surface area contributed by atoms with Gasteiger partial charge in [0.25, 0.3) is 0 Å². The van der Waals surface area contributed by atoms with Crippen LogP contribution in [0.5, 0.6) is 0 Å². The van der Waals surface area contributed by atoms with Gasteiger partial charge in [0.1, 0.15) is 13.0 Å². The summed E-state index contributed by atoms with van der Waals surface area (Å²) in [6.45, 7) is -0.104. The Morgan fingerprint density at radius 3 is 2.42 bits per heavy atom. The molecule has 0 heterocycles. The Morgan fingerprint density at radius 2 is 1.77 bits per heavy atom. The van der Waals surface area contributed by atoms with E-state index in [-0.39, 0.29) is 24.5 Å². The Kier molecular flexibility index (Phi) is 6.18. The lowest BCUT2D eigenvalue weighted by molar-refractivity contribution is -0.142. The third-order valence-corrected chi connectivity index (χ3v) is 5.84. The molecule has 0 saturated carbocycles. The average Bonchev–Trinajstić information content (AvgIpc) is 2.60. The smallest absolute Gasteiger partial charge is 0.320 e. The second-order valence-corrected chi connectivity index (χ2v) is 7.92. The summed E-state index contributed by atoms with van der Waals surface area (Å²) in [6.07, 6.45) is -0.354. The summed E-state index contributed by atoms with van der Waals surface area (Å²) in [5.41, 5.74) is 0.924. The van der Waals surface area contributed by atoms with E-state index >= 15 is 0 Å². The fourth-order valence-corrected chi connectivity index (χ4v) is 3.93. The number of likely N-dealkylation sites (N-methyl/N-ethyl adjacent to an activating group) is 1. The Morgan fingerprint density at radius 1 is 1.12 bits per heavy atom. The van der Waals surface area contributed by atoms with Crippen LogP contribution in [-0.4, -0.2) is 53.0 Å². The lowest BCUT2D eigenvalue weighted by Crippen LogP contribution is -2.31. The second-order valence-electron chi connectivity index (χ2n) is 5.90. The van der Waals surface area contributed by atoms with Crippen LogP contribution in [0.2, 0.25) is 0 Å². The van der Waals surface area contributed by atoms with Gasteiger partial charge < -0.3 is 9.64 Å². The van der Waals surface area contributed by atoms with Crippen molar-refractivity contribution in [2.24, 2.45) is 0 Å².